The Morgan fingerprint density at radius 3 is 2.24 bits per heavy atom. The zero-order chi connectivity index (χ0) is 22.7. The van der Waals surface area contributed by atoms with Crippen LogP contribution in [-0.4, -0.2) is 6.10 Å². The molecule has 0 aliphatic heterocycles. The van der Waals surface area contributed by atoms with Crippen LogP contribution in [0.1, 0.15) is 121 Å². The van der Waals surface area contributed by atoms with E-state index in [0.29, 0.717) is 6.10 Å². The SMILES string of the molecule is CCCCCCc1ccc(C=CC2CCCCCC2)c2cccc(OC3CCCCCC3)c12. The third-order valence-corrected chi connectivity index (χ3v) is 7.97. The molecular weight excluding hydrogens is 400 g/mol. The van der Waals surface area contributed by atoms with Crippen LogP contribution in [0.2, 0.25) is 0 Å². The molecule has 33 heavy (non-hydrogen) atoms. The second kappa shape index (κ2) is 13.2. The van der Waals surface area contributed by atoms with Crippen LogP contribution in [0, 0.1) is 5.92 Å². The fourth-order valence-electron chi connectivity index (χ4n) is 5.94. The Morgan fingerprint density at radius 2 is 1.52 bits per heavy atom. The molecule has 0 unspecified atom stereocenters. The first-order valence-corrected chi connectivity index (χ1v) is 14.2. The van der Waals surface area contributed by atoms with Gasteiger partial charge in [0.1, 0.15) is 5.75 Å². The van der Waals surface area contributed by atoms with Crippen molar-refractivity contribution in [1.29, 1.82) is 0 Å². The zero-order valence-corrected chi connectivity index (χ0v) is 21.1. The molecule has 1 heteroatoms. The van der Waals surface area contributed by atoms with Crippen molar-refractivity contribution in [1.82, 2.24) is 0 Å². The van der Waals surface area contributed by atoms with Gasteiger partial charge in [0.15, 0.2) is 0 Å². The van der Waals surface area contributed by atoms with E-state index in [1.54, 1.807) is 0 Å². The van der Waals surface area contributed by atoms with Crippen molar-refractivity contribution in [3.8, 4) is 5.75 Å². The molecule has 1 nitrogen and oxygen atoms in total. The van der Waals surface area contributed by atoms with Crippen LogP contribution in [0.3, 0.4) is 0 Å². The van der Waals surface area contributed by atoms with Gasteiger partial charge in [-0.15, -0.1) is 0 Å². The average Bonchev–Trinajstić information content (AvgIpc) is 3.26. The summed E-state index contributed by atoms with van der Waals surface area (Å²) < 4.78 is 6.76. The number of benzene rings is 2. The topological polar surface area (TPSA) is 9.23 Å². The maximum atomic E-state index is 6.76. The van der Waals surface area contributed by atoms with Crippen molar-refractivity contribution < 1.29 is 4.74 Å². The molecule has 180 valence electrons. The van der Waals surface area contributed by atoms with Crippen molar-refractivity contribution >= 4 is 16.8 Å². The first-order valence-electron chi connectivity index (χ1n) is 14.2. The number of allylic oxidation sites excluding steroid dienone is 1. The normalized spacial score (nSPS) is 19.1. The monoisotopic (exact) mass is 446 g/mol. The first kappa shape index (κ1) is 24.4. The van der Waals surface area contributed by atoms with Gasteiger partial charge in [-0.25, -0.2) is 0 Å². The quantitative estimate of drug-likeness (QED) is 0.275. The highest BCUT2D eigenvalue weighted by Gasteiger charge is 2.17. The highest BCUT2D eigenvalue weighted by molar-refractivity contribution is 5.97. The summed E-state index contributed by atoms with van der Waals surface area (Å²) >= 11 is 0. The molecule has 2 saturated carbocycles. The van der Waals surface area contributed by atoms with Gasteiger partial charge in [0.05, 0.1) is 6.10 Å². The Balaban J connectivity index is 1.63. The van der Waals surface area contributed by atoms with E-state index >= 15 is 0 Å². The lowest BCUT2D eigenvalue weighted by atomic mass is 9.93. The number of aryl methyl sites for hydroxylation is 1. The number of ether oxygens (including phenoxy) is 1. The van der Waals surface area contributed by atoms with Crippen LogP contribution in [0.25, 0.3) is 16.8 Å². The van der Waals surface area contributed by atoms with Gasteiger partial charge >= 0.3 is 0 Å². The van der Waals surface area contributed by atoms with Crippen molar-refractivity contribution in [3.63, 3.8) is 0 Å². The summed E-state index contributed by atoms with van der Waals surface area (Å²) in [6.07, 6.45) is 27.9. The molecule has 2 aliphatic rings. The van der Waals surface area contributed by atoms with Gasteiger partial charge in [0, 0.05) is 5.39 Å². The second-order valence-corrected chi connectivity index (χ2v) is 10.6. The highest BCUT2D eigenvalue weighted by Crippen LogP contribution is 2.36. The molecule has 2 aliphatic carbocycles. The Kier molecular flexibility index (Phi) is 9.75. The molecule has 0 N–H and O–H groups in total. The molecule has 2 aromatic carbocycles. The number of hydrogen-bond donors (Lipinski definition) is 0. The molecule has 0 spiro atoms. The van der Waals surface area contributed by atoms with Crippen LogP contribution < -0.4 is 4.74 Å². The summed E-state index contributed by atoms with van der Waals surface area (Å²) in [6.45, 7) is 2.30. The predicted molar refractivity (Wildman–Crippen MR) is 144 cm³/mol. The van der Waals surface area contributed by atoms with Gasteiger partial charge in [-0.3, -0.25) is 0 Å². The Bertz CT molecular complexity index is 863. The largest absolute Gasteiger partial charge is 0.490 e. The fraction of sp³-hybridized carbons (Fsp3) is 0.625. The van der Waals surface area contributed by atoms with Crippen molar-refractivity contribution in [2.75, 3.05) is 0 Å². The third kappa shape index (κ3) is 7.11. The maximum Gasteiger partial charge on any atom is 0.127 e. The van der Waals surface area contributed by atoms with E-state index in [4.69, 9.17) is 4.74 Å². The fourth-order valence-corrected chi connectivity index (χ4v) is 5.94. The van der Waals surface area contributed by atoms with Crippen LogP contribution in [-0.2, 0) is 6.42 Å². The first-order chi connectivity index (χ1) is 16.3. The minimum atomic E-state index is 0.385. The summed E-state index contributed by atoms with van der Waals surface area (Å²) in [7, 11) is 0. The van der Waals surface area contributed by atoms with Gasteiger partial charge in [-0.1, -0.05) is 101 Å². The Labute approximate surface area is 203 Å². The second-order valence-electron chi connectivity index (χ2n) is 10.6. The minimum absolute atomic E-state index is 0.385. The van der Waals surface area contributed by atoms with E-state index in [2.05, 4.69) is 49.4 Å². The highest BCUT2D eigenvalue weighted by atomic mass is 16.5. The third-order valence-electron chi connectivity index (χ3n) is 7.97. The number of hydrogen-bond acceptors (Lipinski definition) is 1. The lowest BCUT2D eigenvalue weighted by Gasteiger charge is -2.20. The van der Waals surface area contributed by atoms with Crippen LogP contribution in [0.5, 0.6) is 5.75 Å². The van der Waals surface area contributed by atoms with Crippen LogP contribution in [0.15, 0.2) is 36.4 Å². The molecule has 4 rings (SSSR count). The molecule has 0 saturated heterocycles. The minimum Gasteiger partial charge on any atom is -0.490 e. The van der Waals surface area contributed by atoms with Gasteiger partial charge in [0.2, 0.25) is 0 Å². The summed E-state index contributed by atoms with van der Waals surface area (Å²) in [5.41, 5.74) is 2.86. The number of unbranched alkanes of at least 4 members (excludes halogenated alkanes) is 3. The van der Waals surface area contributed by atoms with Gasteiger partial charge in [-0.05, 0) is 79.9 Å². The van der Waals surface area contributed by atoms with Crippen molar-refractivity contribution in [2.24, 2.45) is 5.92 Å². The summed E-state index contributed by atoms with van der Waals surface area (Å²) in [4.78, 5) is 0. The Morgan fingerprint density at radius 1 is 0.788 bits per heavy atom. The molecular formula is C32H46O. The van der Waals surface area contributed by atoms with Gasteiger partial charge in [-0.2, -0.15) is 0 Å². The predicted octanol–water partition coefficient (Wildman–Crippen LogP) is 10.0. The van der Waals surface area contributed by atoms with E-state index in [9.17, 15) is 0 Å². The van der Waals surface area contributed by atoms with Gasteiger partial charge in [0.25, 0.3) is 0 Å². The molecule has 2 fully saturated rings. The molecule has 0 amide bonds. The average molecular weight is 447 g/mol. The van der Waals surface area contributed by atoms with E-state index in [-0.39, 0.29) is 0 Å². The smallest absolute Gasteiger partial charge is 0.127 e. The van der Waals surface area contributed by atoms with Crippen LogP contribution >= 0.6 is 0 Å². The zero-order valence-electron chi connectivity index (χ0n) is 21.1. The van der Waals surface area contributed by atoms with Crippen molar-refractivity contribution in [2.45, 2.75) is 122 Å². The van der Waals surface area contributed by atoms with E-state index in [0.717, 1.165) is 18.1 Å². The maximum absolute atomic E-state index is 6.76. The molecule has 0 aromatic heterocycles. The van der Waals surface area contributed by atoms with E-state index in [1.807, 2.05) is 0 Å². The molecule has 0 heterocycles. The van der Waals surface area contributed by atoms with Crippen molar-refractivity contribution in [3.05, 3.63) is 47.5 Å². The lowest BCUT2D eigenvalue weighted by molar-refractivity contribution is 0.186. The lowest BCUT2D eigenvalue weighted by Crippen LogP contribution is -2.15. The van der Waals surface area contributed by atoms with Gasteiger partial charge < -0.3 is 4.74 Å². The molecule has 0 atom stereocenters. The molecule has 0 bridgehead atoms. The Hall–Kier alpha value is -1.76. The molecule has 0 radical (unpaired) electrons. The van der Waals surface area contributed by atoms with E-state index in [1.165, 1.54) is 125 Å². The van der Waals surface area contributed by atoms with E-state index < -0.39 is 0 Å². The number of fused-ring (bicyclic) bond motifs is 1. The summed E-state index contributed by atoms with van der Waals surface area (Å²) in [5, 5.41) is 2.78. The van der Waals surface area contributed by atoms with Crippen LogP contribution in [0.4, 0.5) is 0 Å². The summed E-state index contributed by atoms with van der Waals surface area (Å²) in [5.74, 6) is 1.89. The number of rotatable bonds is 9. The molecule has 2 aromatic rings. The standard InChI is InChI=1S/C32H46O/c1-2-3-4-11-17-28-25-24-27(23-22-26-15-9-5-6-10-16-26)30-20-14-21-31(32(28)30)33-29-18-12-7-8-13-19-29/h14,20-26,29H,2-13,15-19H2,1H3. The summed E-state index contributed by atoms with van der Waals surface area (Å²) in [6, 6.07) is 11.6.